The van der Waals surface area contributed by atoms with Crippen LogP contribution in [0.2, 0.25) is 0 Å². The van der Waals surface area contributed by atoms with Gasteiger partial charge >= 0.3 is 0 Å². The highest BCUT2D eigenvalue weighted by Gasteiger charge is 2.17. The van der Waals surface area contributed by atoms with E-state index in [-0.39, 0.29) is 0 Å². The molecule has 2 aromatic rings. The minimum atomic E-state index is 0.410. The number of nitriles is 1. The first kappa shape index (κ1) is 14.3. The summed E-state index contributed by atoms with van der Waals surface area (Å²) < 4.78 is 2.13. The third kappa shape index (κ3) is 2.46. The van der Waals surface area contributed by atoms with Gasteiger partial charge < -0.3 is 0 Å². The Morgan fingerprint density at radius 3 is 2.40 bits per heavy atom. The molecule has 1 heterocycles. The number of rotatable bonds is 4. The number of benzene rings is 1. The third-order valence-electron chi connectivity index (χ3n) is 3.92. The van der Waals surface area contributed by atoms with Gasteiger partial charge in [-0.2, -0.15) is 10.4 Å². The van der Waals surface area contributed by atoms with Crippen molar-refractivity contribution in [3.63, 3.8) is 0 Å². The van der Waals surface area contributed by atoms with Crippen LogP contribution >= 0.6 is 0 Å². The molecule has 0 bridgehead atoms. The van der Waals surface area contributed by atoms with Crippen LogP contribution in [0.5, 0.6) is 0 Å². The molecule has 0 amide bonds. The van der Waals surface area contributed by atoms with Gasteiger partial charge in [-0.25, -0.2) is 0 Å². The maximum Gasteiger partial charge on any atom is 0.0991 e. The van der Waals surface area contributed by atoms with Gasteiger partial charge in [-0.3, -0.25) is 4.68 Å². The zero-order valence-electron chi connectivity index (χ0n) is 12.6. The van der Waals surface area contributed by atoms with Crippen LogP contribution < -0.4 is 0 Å². The molecule has 0 N–H and O–H groups in total. The number of aromatic nitrogens is 2. The van der Waals surface area contributed by atoms with Crippen molar-refractivity contribution in [1.82, 2.24) is 9.78 Å². The first-order chi connectivity index (χ1) is 9.62. The smallest absolute Gasteiger partial charge is 0.0991 e. The topological polar surface area (TPSA) is 41.6 Å². The Balaban J connectivity index is 2.52. The summed E-state index contributed by atoms with van der Waals surface area (Å²) in [6.45, 7) is 8.68. The molecule has 0 spiro atoms. The van der Waals surface area contributed by atoms with Gasteiger partial charge in [0.15, 0.2) is 0 Å². The summed E-state index contributed by atoms with van der Waals surface area (Å²) in [6, 6.07) is 10.2. The standard InChI is InChI=1S/C17H21N3/c1-5-12(3)20-13(4)16(6-2)17(19-20)15-9-7-14(11-18)8-10-15/h7-10,12H,5-6H2,1-4H3. The van der Waals surface area contributed by atoms with E-state index in [0.29, 0.717) is 11.6 Å². The van der Waals surface area contributed by atoms with E-state index in [4.69, 9.17) is 10.4 Å². The van der Waals surface area contributed by atoms with Gasteiger partial charge in [0.05, 0.1) is 17.3 Å². The molecule has 3 nitrogen and oxygen atoms in total. The summed E-state index contributed by atoms with van der Waals surface area (Å²) >= 11 is 0. The maximum atomic E-state index is 8.88. The molecule has 3 heteroatoms. The lowest BCUT2D eigenvalue weighted by molar-refractivity contribution is 0.468. The molecule has 0 saturated heterocycles. The predicted molar refractivity (Wildman–Crippen MR) is 81.5 cm³/mol. The van der Waals surface area contributed by atoms with E-state index < -0.39 is 0 Å². The van der Waals surface area contributed by atoms with Crippen molar-refractivity contribution in [3.8, 4) is 17.3 Å². The summed E-state index contributed by atoms with van der Waals surface area (Å²) in [6.07, 6.45) is 2.04. The quantitative estimate of drug-likeness (QED) is 0.830. The van der Waals surface area contributed by atoms with E-state index in [0.717, 1.165) is 24.1 Å². The monoisotopic (exact) mass is 267 g/mol. The van der Waals surface area contributed by atoms with Crippen molar-refractivity contribution in [2.45, 2.75) is 46.6 Å². The van der Waals surface area contributed by atoms with Crippen molar-refractivity contribution in [1.29, 1.82) is 5.26 Å². The van der Waals surface area contributed by atoms with Gasteiger partial charge in [0.25, 0.3) is 0 Å². The third-order valence-corrected chi connectivity index (χ3v) is 3.92. The van der Waals surface area contributed by atoms with Crippen LogP contribution in [-0.2, 0) is 6.42 Å². The van der Waals surface area contributed by atoms with Crippen molar-refractivity contribution >= 4 is 0 Å². The molecule has 1 aromatic carbocycles. The summed E-state index contributed by atoms with van der Waals surface area (Å²) in [5.74, 6) is 0. The minimum Gasteiger partial charge on any atom is -0.266 e. The van der Waals surface area contributed by atoms with Gasteiger partial charge in [0.2, 0.25) is 0 Å². The molecule has 2 rings (SSSR count). The summed E-state index contributed by atoms with van der Waals surface area (Å²) in [5.41, 5.74) is 5.38. The Bertz CT molecular complexity index is 629. The molecule has 0 aliphatic heterocycles. The van der Waals surface area contributed by atoms with Gasteiger partial charge in [-0.05, 0) is 38.8 Å². The largest absolute Gasteiger partial charge is 0.266 e. The minimum absolute atomic E-state index is 0.410. The van der Waals surface area contributed by atoms with Crippen molar-refractivity contribution in [2.75, 3.05) is 0 Å². The highest BCUT2D eigenvalue weighted by atomic mass is 15.3. The zero-order valence-corrected chi connectivity index (χ0v) is 12.6. The zero-order chi connectivity index (χ0) is 14.7. The lowest BCUT2D eigenvalue weighted by Crippen LogP contribution is -2.07. The van der Waals surface area contributed by atoms with E-state index in [2.05, 4.69) is 38.4 Å². The Morgan fingerprint density at radius 2 is 1.90 bits per heavy atom. The first-order valence-corrected chi connectivity index (χ1v) is 7.20. The molecule has 0 saturated carbocycles. The van der Waals surface area contributed by atoms with Crippen LogP contribution in [0.1, 0.15) is 50.1 Å². The number of hydrogen-bond donors (Lipinski definition) is 0. The van der Waals surface area contributed by atoms with Gasteiger partial charge in [-0.1, -0.05) is 26.0 Å². The summed E-state index contributed by atoms with van der Waals surface area (Å²) in [5, 5.41) is 13.7. The first-order valence-electron chi connectivity index (χ1n) is 7.20. The Morgan fingerprint density at radius 1 is 1.25 bits per heavy atom. The fourth-order valence-electron chi connectivity index (χ4n) is 2.51. The van der Waals surface area contributed by atoms with Gasteiger partial charge in [-0.15, -0.1) is 0 Å². The second kappa shape index (κ2) is 5.92. The molecule has 0 aliphatic carbocycles. The maximum absolute atomic E-state index is 8.88. The molecule has 1 unspecified atom stereocenters. The molecule has 104 valence electrons. The van der Waals surface area contributed by atoms with E-state index in [1.165, 1.54) is 11.3 Å². The van der Waals surface area contributed by atoms with Crippen LogP contribution in [-0.4, -0.2) is 9.78 Å². The summed E-state index contributed by atoms with van der Waals surface area (Å²) in [7, 11) is 0. The van der Waals surface area contributed by atoms with Crippen LogP contribution in [0.3, 0.4) is 0 Å². The average molecular weight is 267 g/mol. The Labute approximate surface area is 120 Å². The Kier molecular flexibility index (Phi) is 4.24. The molecule has 0 radical (unpaired) electrons. The second-order valence-electron chi connectivity index (χ2n) is 5.16. The fourth-order valence-corrected chi connectivity index (χ4v) is 2.51. The lowest BCUT2D eigenvalue weighted by Gasteiger charge is -2.11. The highest BCUT2D eigenvalue weighted by molar-refractivity contribution is 5.65. The van der Waals surface area contributed by atoms with E-state index >= 15 is 0 Å². The molecule has 20 heavy (non-hydrogen) atoms. The van der Waals surface area contributed by atoms with Crippen LogP contribution in [0, 0.1) is 18.3 Å². The van der Waals surface area contributed by atoms with Gasteiger partial charge in [0, 0.05) is 22.9 Å². The molecule has 0 fully saturated rings. The van der Waals surface area contributed by atoms with Gasteiger partial charge in [0.1, 0.15) is 0 Å². The van der Waals surface area contributed by atoms with Crippen LogP contribution in [0.4, 0.5) is 0 Å². The van der Waals surface area contributed by atoms with Crippen LogP contribution in [0.15, 0.2) is 24.3 Å². The molecule has 1 aromatic heterocycles. The van der Waals surface area contributed by atoms with Crippen molar-refractivity contribution in [2.24, 2.45) is 0 Å². The number of hydrogen-bond acceptors (Lipinski definition) is 2. The van der Waals surface area contributed by atoms with Crippen LogP contribution in [0.25, 0.3) is 11.3 Å². The van der Waals surface area contributed by atoms with E-state index in [1.54, 1.807) is 0 Å². The second-order valence-corrected chi connectivity index (χ2v) is 5.16. The van der Waals surface area contributed by atoms with E-state index in [1.807, 2.05) is 24.3 Å². The summed E-state index contributed by atoms with van der Waals surface area (Å²) in [4.78, 5) is 0. The Hall–Kier alpha value is -2.08. The highest BCUT2D eigenvalue weighted by Crippen LogP contribution is 2.28. The molecule has 0 aliphatic rings. The molecule has 1 atom stereocenters. The normalized spacial score (nSPS) is 12.2. The van der Waals surface area contributed by atoms with Crippen molar-refractivity contribution in [3.05, 3.63) is 41.1 Å². The fraction of sp³-hybridized carbons (Fsp3) is 0.412. The number of nitrogens with zero attached hydrogens (tertiary/aromatic N) is 3. The lowest BCUT2D eigenvalue weighted by atomic mass is 10.0. The SMILES string of the molecule is CCc1c(-c2ccc(C#N)cc2)nn(C(C)CC)c1C. The molecular weight excluding hydrogens is 246 g/mol. The van der Waals surface area contributed by atoms with E-state index in [9.17, 15) is 0 Å². The van der Waals surface area contributed by atoms with Crippen molar-refractivity contribution < 1.29 is 0 Å². The molecular formula is C17H21N3. The average Bonchev–Trinajstić information content (AvgIpc) is 2.83. The predicted octanol–water partition coefficient (Wildman–Crippen LogP) is 4.26.